The first-order valence-electron chi connectivity index (χ1n) is 11.5. The van der Waals surface area contributed by atoms with Gasteiger partial charge in [0.05, 0.1) is 16.9 Å². The molecule has 2 N–H and O–H groups in total. The number of nitrogens with one attached hydrogen (secondary N) is 1. The quantitative estimate of drug-likeness (QED) is 0.399. The van der Waals surface area contributed by atoms with Crippen LogP contribution in [-0.2, 0) is 4.79 Å². The summed E-state index contributed by atoms with van der Waals surface area (Å²) < 4.78 is 0. The minimum atomic E-state index is -0.449. The van der Waals surface area contributed by atoms with Crippen molar-refractivity contribution >= 4 is 29.1 Å². The summed E-state index contributed by atoms with van der Waals surface area (Å²) in [5, 5.41) is 12.5. The van der Waals surface area contributed by atoms with Gasteiger partial charge in [-0.1, -0.05) is 48.9 Å². The molecular formula is C27H25N3O4. The summed E-state index contributed by atoms with van der Waals surface area (Å²) in [5.74, 6) is -0.299. The third kappa shape index (κ3) is 3.79. The fourth-order valence-corrected chi connectivity index (χ4v) is 4.74. The van der Waals surface area contributed by atoms with Gasteiger partial charge in [-0.05, 0) is 43.2 Å². The largest absolute Gasteiger partial charge is 0.506 e. The van der Waals surface area contributed by atoms with E-state index in [0.717, 1.165) is 12.0 Å². The fourth-order valence-electron chi connectivity index (χ4n) is 4.74. The third-order valence-electron chi connectivity index (χ3n) is 6.36. The third-order valence-corrected chi connectivity index (χ3v) is 6.36. The number of amides is 3. The summed E-state index contributed by atoms with van der Waals surface area (Å²) in [6.07, 6.45) is 1.99. The van der Waals surface area contributed by atoms with Crippen molar-refractivity contribution in [1.82, 2.24) is 4.90 Å². The molecular weight excluding hydrogens is 430 g/mol. The van der Waals surface area contributed by atoms with Gasteiger partial charge >= 0.3 is 0 Å². The van der Waals surface area contributed by atoms with Crippen molar-refractivity contribution in [3.63, 3.8) is 0 Å². The van der Waals surface area contributed by atoms with Gasteiger partial charge in [-0.2, -0.15) is 0 Å². The van der Waals surface area contributed by atoms with Crippen LogP contribution in [0.15, 0.2) is 72.8 Å². The highest BCUT2D eigenvalue weighted by Gasteiger charge is 2.47. The molecule has 7 heteroatoms. The predicted octanol–water partition coefficient (Wildman–Crippen LogP) is 4.71. The number of aromatic hydroxyl groups is 1. The number of phenols is 1. The molecule has 34 heavy (non-hydrogen) atoms. The first kappa shape index (κ1) is 21.7. The van der Waals surface area contributed by atoms with E-state index < -0.39 is 6.17 Å². The molecule has 1 atom stereocenters. The van der Waals surface area contributed by atoms with E-state index >= 15 is 0 Å². The molecule has 0 radical (unpaired) electrons. The molecule has 5 rings (SSSR count). The summed E-state index contributed by atoms with van der Waals surface area (Å²) >= 11 is 0. The van der Waals surface area contributed by atoms with Crippen molar-refractivity contribution in [2.45, 2.75) is 31.8 Å². The van der Waals surface area contributed by atoms with Crippen LogP contribution in [-0.4, -0.2) is 34.3 Å². The number of carbonyl (C=O) groups excluding carboxylic acids is 3. The Bertz CT molecular complexity index is 1270. The van der Waals surface area contributed by atoms with Gasteiger partial charge in [0.25, 0.3) is 11.8 Å². The second kappa shape index (κ2) is 9.02. The van der Waals surface area contributed by atoms with Crippen LogP contribution < -0.4 is 10.2 Å². The van der Waals surface area contributed by atoms with Crippen LogP contribution in [0, 0.1) is 0 Å². The van der Waals surface area contributed by atoms with Gasteiger partial charge in [0.1, 0.15) is 11.9 Å². The van der Waals surface area contributed by atoms with Crippen molar-refractivity contribution in [3.8, 4) is 5.75 Å². The summed E-state index contributed by atoms with van der Waals surface area (Å²) in [6, 6.07) is 21.3. The van der Waals surface area contributed by atoms with Gasteiger partial charge in [0.15, 0.2) is 0 Å². The number of benzene rings is 3. The molecule has 0 bridgehead atoms. The van der Waals surface area contributed by atoms with Crippen LogP contribution in [0.1, 0.15) is 58.1 Å². The van der Waals surface area contributed by atoms with Gasteiger partial charge < -0.3 is 15.3 Å². The maximum absolute atomic E-state index is 13.4. The summed E-state index contributed by atoms with van der Waals surface area (Å²) in [7, 11) is 0. The van der Waals surface area contributed by atoms with Crippen molar-refractivity contribution in [2.75, 3.05) is 16.8 Å². The van der Waals surface area contributed by atoms with E-state index in [-0.39, 0.29) is 23.5 Å². The van der Waals surface area contributed by atoms with Gasteiger partial charge in [-0.3, -0.25) is 19.3 Å². The molecule has 2 heterocycles. The molecule has 0 aromatic heterocycles. The SMILES string of the molecule is O=C(CCCCCN1C(=O)c2ccccc2N2C(=O)c3ccccc3C12)Nc1ccccc1O. The zero-order chi connectivity index (χ0) is 23.7. The first-order chi connectivity index (χ1) is 16.6. The number of unbranched alkanes of at least 4 members (excludes halogenated alkanes) is 2. The van der Waals surface area contributed by atoms with Crippen molar-refractivity contribution in [1.29, 1.82) is 0 Å². The highest BCUT2D eigenvalue weighted by molar-refractivity contribution is 6.16. The Labute approximate surface area is 197 Å². The summed E-state index contributed by atoms with van der Waals surface area (Å²) in [6.45, 7) is 0.483. The normalized spacial score (nSPS) is 16.2. The average Bonchev–Trinajstić information content (AvgIpc) is 3.15. The first-order valence-corrected chi connectivity index (χ1v) is 11.5. The highest BCUT2D eigenvalue weighted by Crippen LogP contribution is 2.45. The van der Waals surface area contributed by atoms with Crippen molar-refractivity contribution in [3.05, 3.63) is 89.5 Å². The number of fused-ring (bicyclic) bond motifs is 5. The topological polar surface area (TPSA) is 90.0 Å². The minimum Gasteiger partial charge on any atom is -0.506 e. The van der Waals surface area contributed by atoms with E-state index in [1.807, 2.05) is 42.5 Å². The number of anilines is 2. The maximum Gasteiger partial charge on any atom is 0.260 e. The molecule has 0 fully saturated rings. The Hall–Kier alpha value is -4.13. The second-order valence-corrected chi connectivity index (χ2v) is 8.53. The predicted molar refractivity (Wildman–Crippen MR) is 129 cm³/mol. The monoisotopic (exact) mass is 455 g/mol. The van der Waals surface area contributed by atoms with E-state index in [1.54, 1.807) is 34.1 Å². The Balaban J connectivity index is 1.25. The number of para-hydroxylation sites is 3. The molecule has 0 saturated carbocycles. The van der Waals surface area contributed by atoms with E-state index in [9.17, 15) is 19.5 Å². The van der Waals surface area contributed by atoms with Gasteiger partial charge in [-0.25, -0.2) is 0 Å². The fraction of sp³-hybridized carbons (Fsp3) is 0.222. The zero-order valence-corrected chi connectivity index (χ0v) is 18.6. The van der Waals surface area contributed by atoms with E-state index in [4.69, 9.17) is 0 Å². The molecule has 0 aliphatic carbocycles. The number of hydrogen-bond acceptors (Lipinski definition) is 4. The number of rotatable bonds is 7. The smallest absolute Gasteiger partial charge is 0.260 e. The Morgan fingerprint density at radius 1 is 0.824 bits per heavy atom. The van der Waals surface area contributed by atoms with Crippen LogP contribution in [0.4, 0.5) is 11.4 Å². The lowest BCUT2D eigenvalue weighted by molar-refractivity contribution is -0.116. The van der Waals surface area contributed by atoms with Gasteiger partial charge in [0.2, 0.25) is 5.91 Å². The molecule has 2 aliphatic heterocycles. The summed E-state index contributed by atoms with van der Waals surface area (Å²) in [5.41, 5.74) is 3.05. The Kier molecular flexibility index (Phi) is 5.76. The lowest BCUT2D eigenvalue weighted by Crippen LogP contribution is -2.48. The Morgan fingerprint density at radius 3 is 2.35 bits per heavy atom. The molecule has 3 aromatic rings. The number of hydrogen-bond donors (Lipinski definition) is 2. The lowest BCUT2D eigenvalue weighted by atomic mass is 10.0. The molecule has 172 valence electrons. The molecule has 0 spiro atoms. The van der Waals surface area contributed by atoms with E-state index in [1.165, 1.54) is 6.07 Å². The van der Waals surface area contributed by atoms with E-state index in [2.05, 4.69) is 5.32 Å². The van der Waals surface area contributed by atoms with Crippen molar-refractivity contribution < 1.29 is 19.5 Å². The van der Waals surface area contributed by atoms with Crippen LogP contribution >= 0.6 is 0 Å². The molecule has 3 amide bonds. The van der Waals surface area contributed by atoms with Crippen LogP contribution in [0.2, 0.25) is 0 Å². The van der Waals surface area contributed by atoms with Crippen LogP contribution in [0.5, 0.6) is 5.75 Å². The molecule has 3 aromatic carbocycles. The number of carbonyl (C=O) groups is 3. The van der Waals surface area contributed by atoms with Crippen LogP contribution in [0.25, 0.3) is 0 Å². The average molecular weight is 456 g/mol. The van der Waals surface area contributed by atoms with E-state index in [0.29, 0.717) is 48.3 Å². The maximum atomic E-state index is 13.4. The highest BCUT2D eigenvalue weighted by atomic mass is 16.3. The molecule has 0 saturated heterocycles. The molecule has 7 nitrogen and oxygen atoms in total. The Morgan fingerprint density at radius 2 is 1.53 bits per heavy atom. The number of nitrogens with zero attached hydrogens (tertiary/aromatic N) is 2. The molecule has 1 unspecified atom stereocenters. The van der Waals surface area contributed by atoms with Gasteiger partial charge in [-0.15, -0.1) is 0 Å². The van der Waals surface area contributed by atoms with Crippen LogP contribution in [0.3, 0.4) is 0 Å². The zero-order valence-electron chi connectivity index (χ0n) is 18.6. The van der Waals surface area contributed by atoms with Crippen molar-refractivity contribution in [2.24, 2.45) is 0 Å². The number of phenolic OH excluding ortho intramolecular Hbond substituents is 1. The minimum absolute atomic E-state index is 0.0377. The second-order valence-electron chi connectivity index (χ2n) is 8.53. The standard InChI is InChI=1S/C27H25N3O4/c31-23-15-8-6-13-21(23)28-24(32)16-2-1-9-17-29-25-18-10-3-4-11-19(18)27(34)30(25)22-14-7-5-12-20(22)26(29)33/h3-8,10-15,25,31H,1-2,9,16-17H2,(H,28,32). The van der Waals surface area contributed by atoms with Gasteiger partial charge in [0, 0.05) is 24.1 Å². The summed E-state index contributed by atoms with van der Waals surface area (Å²) in [4.78, 5) is 42.3. The lowest BCUT2D eigenvalue weighted by Gasteiger charge is -2.41. The molecule has 2 aliphatic rings.